The maximum Gasteiger partial charge on any atom is 0.344 e. The topological polar surface area (TPSA) is 70.4 Å². The number of nitrogens with zero attached hydrogens (tertiary/aromatic N) is 2. The van der Waals surface area contributed by atoms with Gasteiger partial charge in [-0.3, -0.25) is 4.79 Å². The maximum atomic E-state index is 12.3. The largest absolute Gasteiger partial charge is 0.465 e. The van der Waals surface area contributed by atoms with Crippen molar-refractivity contribution in [1.82, 2.24) is 9.78 Å². The van der Waals surface area contributed by atoms with E-state index in [1.165, 1.54) is 0 Å². The molecule has 26 heavy (non-hydrogen) atoms. The summed E-state index contributed by atoms with van der Waals surface area (Å²) in [5.41, 5.74) is 2.73. The molecule has 1 aliphatic rings. The van der Waals surface area contributed by atoms with Crippen molar-refractivity contribution in [2.75, 3.05) is 6.61 Å². The zero-order valence-corrected chi connectivity index (χ0v) is 15.2. The molecule has 0 spiro atoms. The van der Waals surface area contributed by atoms with Gasteiger partial charge in [0, 0.05) is 12.0 Å². The summed E-state index contributed by atoms with van der Waals surface area (Å²) in [6.07, 6.45) is 2.88. The molecule has 0 radical (unpaired) electrons. The summed E-state index contributed by atoms with van der Waals surface area (Å²) >= 11 is 0. The van der Waals surface area contributed by atoms with Crippen LogP contribution in [0.4, 0.5) is 0 Å². The Morgan fingerprint density at radius 1 is 1.27 bits per heavy atom. The molecule has 1 aromatic heterocycles. The van der Waals surface area contributed by atoms with E-state index in [1.54, 1.807) is 18.5 Å². The van der Waals surface area contributed by atoms with Crippen molar-refractivity contribution in [3.8, 4) is 11.6 Å². The zero-order valence-electron chi connectivity index (χ0n) is 15.2. The number of aromatic nitrogens is 2. The monoisotopic (exact) mass is 354 g/mol. The number of carbonyl (C=O) groups excluding carboxylic acids is 2. The van der Waals surface area contributed by atoms with Gasteiger partial charge in [0.25, 0.3) is 0 Å². The molecular formula is C20H22N2O4. The van der Waals surface area contributed by atoms with E-state index in [2.05, 4.69) is 5.10 Å². The number of hydrogen-bond donors (Lipinski definition) is 0. The van der Waals surface area contributed by atoms with Crippen molar-refractivity contribution >= 4 is 17.3 Å². The Labute approximate surface area is 152 Å². The number of esters is 1. The molecule has 0 amide bonds. The molecule has 0 saturated carbocycles. The lowest BCUT2D eigenvalue weighted by molar-refractivity contribution is -0.149. The lowest BCUT2D eigenvalue weighted by Crippen LogP contribution is -2.20. The van der Waals surface area contributed by atoms with Crippen LogP contribution in [-0.2, 0) is 14.3 Å². The van der Waals surface area contributed by atoms with E-state index in [9.17, 15) is 9.59 Å². The van der Waals surface area contributed by atoms with E-state index >= 15 is 0 Å². The number of benzene rings is 1. The van der Waals surface area contributed by atoms with Crippen molar-refractivity contribution in [3.05, 3.63) is 47.7 Å². The lowest BCUT2D eigenvalue weighted by atomic mass is 10.1. The van der Waals surface area contributed by atoms with Gasteiger partial charge in [0.1, 0.15) is 0 Å². The number of rotatable bonds is 6. The third kappa shape index (κ3) is 3.69. The molecule has 6 heteroatoms. The van der Waals surface area contributed by atoms with E-state index < -0.39 is 5.97 Å². The summed E-state index contributed by atoms with van der Waals surface area (Å²) in [5, 5.41) is 4.55. The van der Waals surface area contributed by atoms with Gasteiger partial charge in [-0.1, -0.05) is 24.3 Å². The van der Waals surface area contributed by atoms with Gasteiger partial charge in [-0.05, 0) is 39.3 Å². The normalized spacial score (nSPS) is 13.8. The predicted molar refractivity (Wildman–Crippen MR) is 97.2 cm³/mol. The first-order valence-corrected chi connectivity index (χ1v) is 8.68. The van der Waals surface area contributed by atoms with E-state index in [0.717, 1.165) is 5.69 Å². The average molecular weight is 354 g/mol. The molecule has 6 nitrogen and oxygen atoms in total. The number of hydrogen-bond acceptors (Lipinski definition) is 5. The molecule has 0 atom stereocenters. The van der Waals surface area contributed by atoms with Gasteiger partial charge in [0.15, 0.2) is 12.4 Å². The zero-order chi connectivity index (χ0) is 18.7. The molecule has 1 aromatic carbocycles. The van der Waals surface area contributed by atoms with E-state index in [1.807, 2.05) is 43.3 Å². The fraction of sp³-hybridized carbons (Fsp3) is 0.350. The molecule has 0 unspecified atom stereocenters. The number of aryl methyl sites for hydroxylation is 1. The quantitative estimate of drug-likeness (QED) is 0.745. The Morgan fingerprint density at radius 2 is 2.00 bits per heavy atom. The second-order valence-electron chi connectivity index (χ2n) is 6.42. The third-order valence-electron chi connectivity index (χ3n) is 4.00. The molecule has 0 bridgehead atoms. The second kappa shape index (κ2) is 7.56. The summed E-state index contributed by atoms with van der Waals surface area (Å²) in [6, 6.07) is 9.47. The van der Waals surface area contributed by atoms with Gasteiger partial charge in [-0.15, -0.1) is 0 Å². The van der Waals surface area contributed by atoms with Gasteiger partial charge < -0.3 is 9.47 Å². The molecule has 0 fully saturated rings. The van der Waals surface area contributed by atoms with Crippen molar-refractivity contribution in [1.29, 1.82) is 0 Å². The number of Topliss-reactive ketones (excluding diaryl/α,β-unsaturated/α-hetero) is 1. The molecule has 1 heterocycles. The summed E-state index contributed by atoms with van der Waals surface area (Å²) in [4.78, 5) is 24.2. The van der Waals surface area contributed by atoms with E-state index in [4.69, 9.17) is 9.47 Å². The Balaban J connectivity index is 2.00. The predicted octanol–water partition coefficient (Wildman–Crippen LogP) is 3.26. The Bertz CT molecular complexity index is 850. The van der Waals surface area contributed by atoms with Crippen molar-refractivity contribution < 1.29 is 19.1 Å². The molecule has 0 saturated heterocycles. The number of ketones is 1. The van der Waals surface area contributed by atoms with E-state index in [0.29, 0.717) is 35.6 Å². The van der Waals surface area contributed by atoms with Gasteiger partial charge in [-0.2, -0.15) is 5.10 Å². The van der Waals surface area contributed by atoms with Crippen LogP contribution >= 0.6 is 0 Å². The van der Waals surface area contributed by atoms with Gasteiger partial charge in [-0.25, -0.2) is 9.48 Å². The standard InChI is InChI=1S/C20H22N2O4/c1-13(2)26-18(24)12-25-20-19(16-10-7-11-17(16)23)14(3)21-22(20)15-8-5-4-6-9-15/h4-6,8-10,13H,7,11-12H2,1-3H3. The molecule has 3 rings (SSSR count). The first-order valence-electron chi connectivity index (χ1n) is 8.68. The van der Waals surface area contributed by atoms with Gasteiger partial charge in [0.2, 0.25) is 5.88 Å². The van der Waals surface area contributed by atoms with Crippen molar-refractivity contribution in [2.45, 2.75) is 39.7 Å². The minimum Gasteiger partial charge on any atom is -0.465 e. The average Bonchev–Trinajstić information content (AvgIpc) is 3.15. The first-order chi connectivity index (χ1) is 12.5. The van der Waals surface area contributed by atoms with Crippen molar-refractivity contribution in [2.24, 2.45) is 0 Å². The SMILES string of the molecule is Cc1nn(-c2ccccc2)c(OCC(=O)OC(C)C)c1C1=CCCC1=O. The Kier molecular flexibility index (Phi) is 5.21. The van der Waals surface area contributed by atoms with Crippen LogP contribution in [0.2, 0.25) is 0 Å². The highest BCUT2D eigenvalue weighted by molar-refractivity contribution is 6.23. The summed E-state index contributed by atoms with van der Waals surface area (Å²) in [5.74, 6) is -0.0117. The Hall–Kier alpha value is -2.89. The molecule has 0 aliphatic heterocycles. The minimum atomic E-state index is -0.462. The molecule has 2 aromatic rings. The number of para-hydroxylation sites is 1. The van der Waals surface area contributed by atoms with Crippen LogP contribution in [0.3, 0.4) is 0 Å². The number of ether oxygens (including phenoxy) is 2. The van der Waals surface area contributed by atoms with Gasteiger partial charge in [0.05, 0.1) is 23.0 Å². The first kappa shape index (κ1) is 17.9. The third-order valence-corrected chi connectivity index (χ3v) is 4.00. The van der Waals surface area contributed by atoms with Crippen LogP contribution in [0.15, 0.2) is 36.4 Å². The minimum absolute atomic E-state index is 0.0651. The van der Waals surface area contributed by atoms with Crippen LogP contribution in [0, 0.1) is 6.92 Å². The highest BCUT2D eigenvalue weighted by atomic mass is 16.6. The molecule has 0 N–H and O–H groups in total. The lowest BCUT2D eigenvalue weighted by Gasteiger charge is -2.13. The maximum absolute atomic E-state index is 12.3. The smallest absolute Gasteiger partial charge is 0.344 e. The van der Waals surface area contributed by atoms with Crippen LogP contribution in [-0.4, -0.2) is 34.2 Å². The summed E-state index contributed by atoms with van der Waals surface area (Å²) in [7, 11) is 0. The fourth-order valence-electron chi connectivity index (χ4n) is 2.96. The highest BCUT2D eigenvalue weighted by Crippen LogP contribution is 2.35. The Morgan fingerprint density at radius 3 is 2.62 bits per heavy atom. The van der Waals surface area contributed by atoms with Crippen molar-refractivity contribution in [3.63, 3.8) is 0 Å². The summed E-state index contributed by atoms with van der Waals surface area (Å²) < 4.78 is 12.6. The summed E-state index contributed by atoms with van der Waals surface area (Å²) in [6.45, 7) is 5.15. The highest BCUT2D eigenvalue weighted by Gasteiger charge is 2.27. The molecular weight excluding hydrogens is 332 g/mol. The van der Waals surface area contributed by atoms with Gasteiger partial charge >= 0.3 is 5.97 Å². The van der Waals surface area contributed by atoms with Crippen LogP contribution < -0.4 is 4.74 Å². The van der Waals surface area contributed by atoms with Crippen LogP contribution in [0.1, 0.15) is 37.9 Å². The van der Waals surface area contributed by atoms with Crippen LogP contribution in [0.5, 0.6) is 5.88 Å². The molecule has 1 aliphatic carbocycles. The van der Waals surface area contributed by atoms with Crippen LogP contribution in [0.25, 0.3) is 11.3 Å². The van der Waals surface area contributed by atoms with E-state index in [-0.39, 0.29) is 18.5 Å². The second-order valence-corrected chi connectivity index (χ2v) is 6.42. The number of allylic oxidation sites excluding steroid dienone is 2. The fourth-order valence-corrected chi connectivity index (χ4v) is 2.96. The number of carbonyl (C=O) groups is 2. The molecule has 136 valence electrons.